The fourth-order valence-corrected chi connectivity index (χ4v) is 7.04. The fraction of sp³-hybridized carbons (Fsp3) is 0.864. The molecule has 0 saturated carbocycles. The van der Waals surface area contributed by atoms with E-state index in [1.54, 1.807) is 0 Å². The van der Waals surface area contributed by atoms with Gasteiger partial charge in [-0.1, -0.05) is 186 Å². The van der Waals surface area contributed by atoms with Crippen molar-refractivity contribution < 1.29 is 37.6 Å². The summed E-state index contributed by atoms with van der Waals surface area (Å²) in [5.74, 6) is -0.837. The number of esters is 2. The third-order valence-electron chi connectivity index (χ3n) is 9.62. The molecule has 0 amide bonds. The molecule has 0 heterocycles. The third-order valence-corrected chi connectivity index (χ3v) is 10.6. The van der Waals surface area contributed by atoms with Gasteiger partial charge in [-0.15, -0.1) is 0 Å². The van der Waals surface area contributed by atoms with E-state index < -0.39 is 26.5 Å². The summed E-state index contributed by atoms with van der Waals surface area (Å²) in [6.45, 7) is 3.72. The Morgan fingerprint density at radius 3 is 1.39 bits per heavy atom. The van der Waals surface area contributed by atoms with Crippen LogP contribution in [0, 0.1) is 0 Å². The van der Waals surface area contributed by atoms with Crippen LogP contribution in [0.25, 0.3) is 0 Å². The van der Waals surface area contributed by atoms with Gasteiger partial charge in [-0.25, -0.2) is 4.57 Å². The van der Waals surface area contributed by atoms with Crippen molar-refractivity contribution in [3.8, 4) is 0 Å². The molecule has 0 aliphatic heterocycles. The van der Waals surface area contributed by atoms with Gasteiger partial charge in [0.25, 0.3) is 0 Å². The molecule has 0 aliphatic carbocycles. The van der Waals surface area contributed by atoms with E-state index in [-0.39, 0.29) is 38.6 Å². The number of hydrogen-bond donors (Lipinski definition) is 2. The lowest BCUT2D eigenvalue weighted by Gasteiger charge is -2.19. The molecule has 0 radical (unpaired) electrons. The minimum atomic E-state index is -4.38. The summed E-state index contributed by atoms with van der Waals surface area (Å²) in [6.07, 6.45) is 43.5. The molecule has 0 aliphatic rings. The molecule has 0 spiro atoms. The number of ether oxygens (including phenoxy) is 2. The van der Waals surface area contributed by atoms with Gasteiger partial charge >= 0.3 is 19.8 Å². The molecule has 0 bridgehead atoms. The zero-order valence-electron chi connectivity index (χ0n) is 35.0. The number of phosphoric ester groups is 1. The second-order valence-corrected chi connectivity index (χ2v) is 16.4. The number of carbonyl (C=O) groups is 2. The summed E-state index contributed by atoms with van der Waals surface area (Å²) in [4.78, 5) is 34.9. The molecule has 0 rings (SSSR count). The molecule has 3 N–H and O–H groups in total. The minimum Gasteiger partial charge on any atom is -0.462 e. The number of carbonyl (C=O) groups excluding carboxylic acids is 2. The van der Waals surface area contributed by atoms with Gasteiger partial charge in [0, 0.05) is 19.4 Å². The van der Waals surface area contributed by atoms with Gasteiger partial charge in [-0.2, -0.15) is 0 Å². The first-order valence-corrected chi connectivity index (χ1v) is 23.8. The maximum Gasteiger partial charge on any atom is 0.472 e. The van der Waals surface area contributed by atoms with Crippen molar-refractivity contribution in [2.45, 2.75) is 219 Å². The third kappa shape index (κ3) is 40.2. The molecule has 0 saturated heterocycles. The molecule has 0 fully saturated rings. The second-order valence-electron chi connectivity index (χ2n) is 15.0. The van der Waals surface area contributed by atoms with Crippen LogP contribution in [0.4, 0.5) is 0 Å². The molecule has 2 atom stereocenters. The van der Waals surface area contributed by atoms with Gasteiger partial charge in [0.15, 0.2) is 6.10 Å². The Bertz CT molecular complexity index is 944. The Labute approximate surface area is 332 Å². The Hall–Kier alpha value is -1.51. The van der Waals surface area contributed by atoms with E-state index in [1.807, 2.05) is 0 Å². The lowest BCUT2D eigenvalue weighted by Crippen LogP contribution is -2.29. The van der Waals surface area contributed by atoms with E-state index in [0.29, 0.717) is 6.42 Å². The molecule has 318 valence electrons. The lowest BCUT2D eigenvalue weighted by atomic mass is 10.0. The van der Waals surface area contributed by atoms with E-state index >= 15 is 0 Å². The topological polar surface area (TPSA) is 134 Å². The predicted octanol–water partition coefficient (Wildman–Crippen LogP) is 12.8. The summed E-state index contributed by atoms with van der Waals surface area (Å²) in [7, 11) is -4.38. The fourth-order valence-electron chi connectivity index (χ4n) is 6.27. The highest BCUT2D eigenvalue weighted by Gasteiger charge is 2.26. The monoisotopic (exact) mass is 786 g/mol. The Morgan fingerprint density at radius 2 is 0.944 bits per heavy atom. The van der Waals surface area contributed by atoms with Crippen LogP contribution in [0.5, 0.6) is 0 Å². The van der Waals surface area contributed by atoms with E-state index in [4.69, 9.17) is 24.3 Å². The van der Waals surface area contributed by atoms with E-state index in [9.17, 15) is 19.0 Å². The number of nitrogens with two attached hydrogens (primary N) is 1. The first-order chi connectivity index (χ1) is 26.3. The lowest BCUT2D eigenvalue weighted by molar-refractivity contribution is -0.161. The molecular formula is C44H84NO8P. The molecule has 54 heavy (non-hydrogen) atoms. The van der Waals surface area contributed by atoms with Gasteiger partial charge < -0.3 is 20.1 Å². The molecule has 0 aromatic heterocycles. The largest absolute Gasteiger partial charge is 0.472 e. The van der Waals surface area contributed by atoms with Crippen molar-refractivity contribution >= 4 is 19.8 Å². The number of phosphoric acid groups is 1. The van der Waals surface area contributed by atoms with Crippen LogP contribution in [0.15, 0.2) is 24.3 Å². The standard InChI is InChI=1S/C44H84NO8P/c1-3-5-7-9-11-13-15-17-19-20-21-23-24-26-28-30-32-34-36-43(46)50-40-42(41-52-54(48,49)51-39-38-45)53-44(47)37-35-33-31-29-27-25-22-18-16-14-12-10-8-6-4-2/h14,16,18,22,42H,3-13,15,17,19-21,23-41,45H2,1-2H3,(H,48,49)/b16-14+,22-18+/t42-/m1/s1. The summed E-state index contributed by atoms with van der Waals surface area (Å²) in [5.41, 5.74) is 5.35. The van der Waals surface area contributed by atoms with Gasteiger partial charge in [0.1, 0.15) is 6.61 Å². The zero-order chi connectivity index (χ0) is 39.6. The molecule has 9 nitrogen and oxygen atoms in total. The summed E-state index contributed by atoms with van der Waals surface area (Å²) >= 11 is 0. The number of rotatable bonds is 42. The van der Waals surface area contributed by atoms with Crippen LogP contribution >= 0.6 is 7.82 Å². The highest BCUT2D eigenvalue weighted by atomic mass is 31.2. The quantitative estimate of drug-likeness (QED) is 0.0268. The molecule has 0 aromatic rings. The van der Waals surface area contributed by atoms with Gasteiger partial charge in [-0.3, -0.25) is 18.6 Å². The van der Waals surface area contributed by atoms with Crippen molar-refractivity contribution in [1.29, 1.82) is 0 Å². The highest BCUT2D eigenvalue weighted by molar-refractivity contribution is 7.47. The van der Waals surface area contributed by atoms with Gasteiger partial charge in [0.2, 0.25) is 0 Å². The summed E-state index contributed by atoms with van der Waals surface area (Å²) in [6, 6.07) is 0. The summed E-state index contributed by atoms with van der Waals surface area (Å²) in [5, 5.41) is 0. The molecule has 0 aromatic carbocycles. The Morgan fingerprint density at radius 1 is 0.556 bits per heavy atom. The zero-order valence-corrected chi connectivity index (χ0v) is 35.9. The first kappa shape index (κ1) is 52.5. The normalized spacial score (nSPS) is 13.5. The van der Waals surface area contributed by atoms with Crippen LogP contribution in [0.1, 0.15) is 213 Å². The Balaban J connectivity index is 4.12. The van der Waals surface area contributed by atoms with Crippen LogP contribution < -0.4 is 5.73 Å². The van der Waals surface area contributed by atoms with Crippen molar-refractivity contribution in [1.82, 2.24) is 0 Å². The Kier molecular flexibility index (Phi) is 40.0. The molecule has 10 heteroatoms. The van der Waals surface area contributed by atoms with Crippen molar-refractivity contribution in [2.24, 2.45) is 5.73 Å². The SMILES string of the molecule is CCCCCC/C=C/C=C/CCCCCCCC(=O)O[C@H](COC(=O)CCCCCCCCCCCCCCCCCCCC)COP(=O)(O)OCCN. The summed E-state index contributed by atoms with van der Waals surface area (Å²) < 4.78 is 32.8. The van der Waals surface area contributed by atoms with Crippen LogP contribution in [-0.4, -0.2) is 49.3 Å². The first-order valence-electron chi connectivity index (χ1n) is 22.3. The second kappa shape index (κ2) is 41.1. The smallest absolute Gasteiger partial charge is 0.462 e. The average Bonchev–Trinajstić information content (AvgIpc) is 3.16. The number of hydrogen-bond acceptors (Lipinski definition) is 8. The maximum absolute atomic E-state index is 12.6. The van der Waals surface area contributed by atoms with Crippen LogP contribution in [0.3, 0.4) is 0 Å². The van der Waals surface area contributed by atoms with Crippen molar-refractivity contribution in [3.05, 3.63) is 24.3 Å². The van der Waals surface area contributed by atoms with Gasteiger partial charge in [-0.05, 0) is 38.5 Å². The number of unbranched alkanes of at least 4 members (excludes halogenated alkanes) is 26. The van der Waals surface area contributed by atoms with Gasteiger partial charge in [0.05, 0.1) is 13.2 Å². The average molecular weight is 786 g/mol. The van der Waals surface area contributed by atoms with Crippen LogP contribution in [0.2, 0.25) is 0 Å². The van der Waals surface area contributed by atoms with E-state index in [1.165, 1.54) is 122 Å². The highest BCUT2D eigenvalue weighted by Crippen LogP contribution is 2.43. The maximum atomic E-state index is 12.6. The molecular weight excluding hydrogens is 701 g/mol. The molecule has 1 unspecified atom stereocenters. The predicted molar refractivity (Wildman–Crippen MR) is 224 cm³/mol. The minimum absolute atomic E-state index is 0.0523. The van der Waals surface area contributed by atoms with Crippen LogP contribution in [-0.2, 0) is 32.7 Å². The van der Waals surface area contributed by atoms with Crippen molar-refractivity contribution in [2.75, 3.05) is 26.4 Å². The van der Waals surface area contributed by atoms with Crippen molar-refractivity contribution in [3.63, 3.8) is 0 Å². The van der Waals surface area contributed by atoms with E-state index in [2.05, 4.69) is 38.2 Å². The van der Waals surface area contributed by atoms with E-state index in [0.717, 1.165) is 57.8 Å². The number of allylic oxidation sites excluding steroid dienone is 4.